The van der Waals surface area contributed by atoms with Crippen molar-refractivity contribution < 1.29 is 14.3 Å². The number of nitrogens with zero attached hydrogens (tertiary/aromatic N) is 1. The second kappa shape index (κ2) is 6.80. The molecule has 1 N–H and O–H groups in total. The number of carbonyl (C=O) groups is 2. The van der Waals surface area contributed by atoms with E-state index in [-0.39, 0.29) is 23.8 Å². The van der Waals surface area contributed by atoms with Crippen LogP contribution in [-0.4, -0.2) is 29.3 Å². The van der Waals surface area contributed by atoms with Gasteiger partial charge in [-0.15, -0.1) is 0 Å². The van der Waals surface area contributed by atoms with Crippen molar-refractivity contribution in [2.45, 2.75) is 27.2 Å². The average molecular weight is 377 g/mol. The third kappa shape index (κ3) is 4.22. The van der Waals surface area contributed by atoms with Crippen molar-refractivity contribution >= 4 is 51.9 Å². The van der Waals surface area contributed by atoms with Crippen LogP contribution in [0, 0.1) is 5.41 Å². The number of rotatable bonds is 3. The quantitative estimate of drug-likeness (QED) is 0.648. The number of anilines is 1. The van der Waals surface area contributed by atoms with Crippen LogP contribution in [0.5, 0.6) is 5.75 Å². The summed E-state index contributed by atoms with van der Waals surface area (Å²) in [6.45, 7) is 7.15. The summed E-state index contributed by atoms with van der Waals surface area (Å²) in [7, 11) is 0. The minimum atomic E-state index is -0.190. The molecule has 2 heterocycles. The van der Waals surface area contributed by atoms with Crippen molar-refractivity contribution in [1.29, 1.82) is 0 Å². The molecule has 0 aliphatic carbocycles. The Hall–Kier alpha value is -1.86. The van der Waals surface area contributed by atoms with Gasteiger partial charge < -0.3 is 15.0 Å². The molecular formula is C18H20N2O3S2. The second-order valence-corrected chi connectivity index (χ2v) is 8.94. The molecule has 1 saturated heterocycles. The molecule has 2 amide bonds. The van der Waals surface area contributed by atoms with E-state index in [0.717, 1.165) is 17.7 Å². The number of benzene rings is 1. The number of ether oxygens (including phenoxy) is 1. The van der Waals surface area contributed by atoms with Gasteiger partial charge in [0.15, 0.2) is 6.61 Å². The maximum atomic E-state index is 12.3. The van der Waals surface area contributed by atoms with Crippen LogP contribution in [0.2, 0.25) is 0 Å². The van der Waals surface area contributed by atoms with Gasteiger partial charge in [-0.25, -0.2) is 0 Å². The van der Waals surface area contributed by atoms with Crippen molar-refractivity contribution in [1.82, 2.24) is 5.32 Å². The van der Waals surface area contributed by atoms with E-state index in [1.165, 1.54) is 11.8 Å². The highest BCUT2D eigenvalue weighted by Gasteiger charge is 2.27. The molecule has 1 aromatic rings. The lowest BCUT2D eigenvalue weighted by Gasteiger charge is -2.32. The first-order valence-corrected chi connectivity index (χ1v) is 9.27. The van der Waals surface area contributed by atoms with Crippen LogP contribution in [0.1, 0.15) is 32.8 Å². The summed E-state index contributed by atoms with van der Waals surface area (Å²) >= 11 is 6.25. The fraction of sp³-hybridized carbons (Fsp3) is 0.389. The molecule has 7 heteroatoms. The zero-order chi connectivity index (χ0) is 18.2. The van der Waals surface area contributed by atoms with Gasteiger partial charge in [-0.05, 0) is 35.6 Å². The minimum Gasteiger partial charge on any atom is -0.482 e. The van der Waals surface area contributed by atoms with Crippen LogP contribution in [0.3, 0.4) is 0 Å². The molecule has 0 aromatic heterocycles. The second-order valence-electron chi connectivity index (χ2n) is 7.22. The summed E-state index contributed by atoms with van der Waals surface area (Å²) in [6.07, 6.45) is 2.66. The van der Waals surface area contributed by atoms with Gasteiger partial charge in [0.25, 0.3) is 11.8 Å². The Kier molecular flexibility index (Phi) is 4.88. The van der Waals surface area contributed by atoms with Gasteiger partial charge in [0.1, 0.15) is 10.1 Å². The minimum absolute atomic E-state index is 0.0456. The first-order chi connectivity index (χ1) is 11.7. The number of fused-ring (bicyclic) bond motifs is 1. The van der Waals surface area contributed by atoms with E-state index in [0.29, 0.717) is 21.5 Å². The molecule has 0 unspecified atom stereocenters. The van der Waals surface area contributed by atoms with Crippen LogP contribution in [0.25, 0.3) is 6.08 Å². The fourth-order valence-corrected chi connectivity index (χ4v) is 3.62. The predicted octanol–water partition coefficient (Wildman–Crippen LogP) is 3.34. The summed E-state index contributed by atoms with van der Waals surface area (Å²) in [5, 5.41) is 2.60. The molecule has 1 aromatic carbocycles. The van der Waals surface area contributed by atoms with E-state index in [9.17, 15) is 9.59 Å². The van der Waals surface area contributed by atoms with Gasteiger partial charge in [0.05, 0.1) is 10.6 Å². The van der Waals surface area contributed by atoms with Gasteiger partial charge in [-0.3, -0.25) is 9.59 Å². The van der Waals surface area contributed by atoms with Gasteiger partial charge in [0, 0.05) is 6.54 Å². The van der Waals surface area contributed by atoms with E-state index in [1.807, 2.05) is 18.2 Å². The number of thiocarbonyl (C=S) groups is 1. The van der Waals surface area contributed by atoms with E-state index in [2.05, 4.69) is 26.1 Å². The predicted molar refractivity (Wildman–Crippen MR) is 105 cm³/mol. The summed E-state index contributed by atoms with van der Waals surface area (Å²) in [6, 6.07) is 5.60. The molecule has 0 bridgehead atoms. The lowest BCUT2D eigenvalue weighted by atomic mass is 9.92. The van der Waals surface area contributed by atoms with Gasteiger partial charge in [-0.1, -0.05) is 50.8 Å². The average Bonchev–Trinajstić information content (AvgIpc) is 2.83. The standard InChI is InChI=1S/C18H20N2O3S2/c1-18(2,3)6-7-20-12-8-11(4-5-13(12)23-10-15(20)21)9-14-16(22)19-17(24)25-14/h4-5,8-9H,6-7,10H2,1-3H3,(H,19,22,24). The van der Waals surface area contributed by atoms with Crippen LogP contribution in [0.15, 0.2) is 23.1 Å². The van der Waals surface area contributed by atoms with Crippen molar-refractivity contribution in [3.8, 4) is 5.75 Å². The van der Waals surface area contributed by atoms with Crippen molar-refractivity contribution in [3.63, 3.8) is 0 Å². The van der Waals surface area contributed by atoms with Crippen LogP contribution in [-0.2, 0) is 9.59 Å². The van der Waals surface area contributed by atoms with Crippen molar-refractivity contribution in [2.75, 3.05) is 18.1 Å². The third-order valence-corrected chi connectivity index (χ3v) is 5.11. The normalized spacial score (nSPS) is 19.1. The maximum Gasteiger partial charge on any atom is 0.265 e. The van der Waals surface area contributed by atoms with Crippen LogP contribution >= 0.6 is 24.0 Å². The zero-order valence-corrected chi connectivity index (χ0v) is 16.1. The molecule has 1 fully saturated rings. The largest absolute Gasteiger partial charge is 0.482 e. The van der Waals surface area contributed by atoms with Gasteiger partial charge in [0.2, 0.25) is 0 Å². The Bertz CT molecular complexity index is 781. The number of nitrogens with one attached hydrogen (secondary N) is 1. The smallest absolute Gasteiger partial charge is 0.265 e. The Morgan fingerprint density at radius 1 is 1.36 bits per heavy atom. The molecule has 5 nitrogen and oxygen atoms in total. The molecule has 0 saturated carbocycles. The van der Waals surface area contributed by atoms with E-state index in [4.69, 9.17) is 17.0 Å². The number of amides is 2. The summed E-state index contributed by atoms with van der Waals surface area (Å²) in [5.74, 6) is 0.454. The monoisotopic (exact) mass is 376 g/mol. The first-order valence-electron chi connectivity index (χ1n) is 8.05. The number of hydrogen-bond donors (Lipinski definition) is 1. The molecular weight excluding hydrogens is 356 g/mol. The molecule has 132 valence electrons. The fourth-order valence-electron chi connectivity index (χ4n) is 2.57. The van der Waals surface area contributed by atoms with Crippen molar-refractivity contribution in [3.05, 3.63) is 28.7 Å². The highest BCUT2D eigenvalue weighted by Crippen LogP contribution is 2.35. The molecule has 25 heavy (non-hydrogen) atoms. The SMILES string of the molecule is CC(C)(C)CCN1C(=O)COc2ccc(C=C3SC(=S)NC3=O)cc21. The van der Waals surface area contributed by atoms with Crippen LogP contribution < -0.4 is 15.0 Å². The molecule has 0 atom stereocenters. The molecule has 0 spiro atoms. The van der Waals surface area contributed by atoms with Gasteiger partial charge in [-0.2, -0.15) is 0 Å². The first kappa shape index (κ1) is 17.9. The highest BCUT2D eigenvalue weighted by molar-refractivity contribution is 8.26. The number of carbonyl (C=O) groups excluding carboxylic acids is 2. The molecule has 0 radical (unpaired) electrons. The Morgan fingerprint density at radius 2 is 2.12 bits per heavy atom. The summed E-state index contributed by atoms with van der Waals surface area (Å²) in [5.41, 5.74) is 1.72. The highest BCUT2D eigenvalue weighted by atomic mass is 32.2. The van der Waals surface area contributed by atoms with Crippen molar-refractivity contribution in [2.24, 2.45) is 5.41 Å². The number of thioether (sulfide) groups is 1. The summed E-state index contributed by atoms with van der Waals surface area (Å²) in [4.78, 5) is 26.5. The Labute approximate surface area is 156 Å². The third-order valence-electron chi connectivity index (χ3n) is 3.95. The zero-order valence-electron chi connectivity index (χ0n) is 14.4. The Morgan fingerprint density at radius 3 is 2.76 bits per heavy atom. The lowest BCUT2D eigenvalue weighted by Crippen LogP contribution is -2.40. The van der Waals surface area contributed by atoms with E-state index >= 15 is 0 Å². The van der Waals surface area contributed by atoms with E-state index in [1.54, 1.807) is 11.0 Å². The molecule has 2 aliphatic rings. The van der Waals surface area contributed by atoms with E-state index < -0.39 is 0 Å². The summed E-state index contributed by atoms with van der Waals surface area (Å²) < 4.78 is 6.00. The topological polar surface area (TPSA) is 58.6 Å². The Balaban J connectivity index is 1.90. The molecule has 3 rings (SSSR count). The lowest BCUT2D eigenvalue weighted by molar-refractivity contribution is -0.121. The number of hydrogen-bond acceptors (Lipinski definition) is 5. The van der Waals surface area contributed by atoms with Gasteiger partial charge >= 0.3 is 0 Å². The van der Waals surface area contributed by atoms with Crippen LogP contribution in [0.4, 0.5) is 5.69 Å². The molecule has 2 aliphatic heterocycles. The maximum absolute atomic E-state index is 12.3.